The van der Waals surface area contributed by atoms with E-state index in [2.05, 4.69) is 56.4 Å². The summed E-state index contributed by atoms with van der Waals surface area (Å²) in [4.78, 5) is 16.8. The van der Waals surface area contributed by atoms with Gasteiger partial charge in [-0.1, -0.05) is 75.4 Å². The Balaban J connectivity index is 0.000000184. The van der Waals surface area contributed by atoms with Crippen molar-refractivity contribution < 1.29 is 19.1 Å². The maximum Gasteiger partial charge on any atom is 0.346 e. The fourth-order valence-corrected chi connectivity index (χ4v) is 6.41. The lowest BCUT2D eigenvalue weighted by Gasteiger charge is -2.19. The number of furan rings is 1. The van der Waals surface area contributed by atoms with Crippen molar-refractivity contribution in [2.75, 3.05) is 26.5 Å². The van der Waals surface area contributed by atoms with Crippen molar-refractivity contribution in [2.45, 2.75) is 40.0 Å². The van der Waals surface area contributed by atoms with Crippen molar-refractivity contribution in [3.63, 3.8) is 0 Å². The predicted molar refractivity (Wildman–Crippen MR) is 178 cm³/mol. The molecule has 6 rings (SSSR count). The Morgan fingerprint density at radius 1 is 0.976 bits per heavy atom. The van der Waals surface area contributed by atoms with Crippen LogP contribution in [0.15, 0.2) is 83.4 Å². The summed E-state index contributed by atoms with van der Waals surface area (Å²) in [5.74, 6) is 0.850. The van der Waals surface area contributed by atoms with Crippen LogP contribution in [0.5, 0.6) is 0 Å². The van der Waals surface area contributed by atoms with E-state index >= 15 is 0 Å². The molecule has 0 unspecified atom stereocenters. The van der Waals surface area contributed by atoms with Crippen LogP contribution in [-0.4, -0.2) is 42.6 Å². The van der Waals surface area contributed by atoms with Gasteiger partial charge in [0.2, 0.25) is 0 Å². The van der Waals surface area contributed by atoms with Gasteiger partial charge in [-0.2, -0.15) is 0 Å². The van der Waals surface area contributed by atoms with Crippen LogP contribution < -0.4 is 5.30 Å². The molecule has 5 aromatic rings. The zero-order valence-electron chi connectivity index (χ0n) is 25.1. The Morgan fingerprint density at radius 2 is 1.64 bits per heavy atom. The van der Waals surface area contributed by atoms with Gasteiger partial charge in [0.1, 0.15) is 16.2 Å². The largest absolute Gasteiger partial charge is 0.477 e. The minimum absolute atomic E-state index is 0.0920. The third-order valence-electron chi connectivity index (χ3n) is 7.32. The maximum atomic E-state index is 11.2. The van der Waals surface area contributed by atoms with E-state index in [4.69, 9.17) is 9.15 Å². The number of aromatic nitrogens is 1. The molecule has 220 valence electrons. The summed E-state index contributed by atoms with van der Waals surface area (Å²) in [6.07, 6.45) is 5.65. The van der Waals surface area contributed by atoms with Crippen LogP contribution in [0.1, 0.15) is 47.0 Å². The van der Waals surface area contributed by atoms with Crippen LogP contribution in [0.2, 0.25) is 0 Å². The molecule has 0 saturated carbocycles. The standard InChI is InChI=1S/C19H13NO3S.C9H13P.C7H14O/c1-11-9-17(24-18(11)19(21)22)13-6-4-12(5-7-13)16-10-14-15(23-16)3-2-8-20-14;1-8-4-6-9(7-5-8)10(2)3;1-2-7-3-5-8-6-4-7/h2-10H,1H3,(H,21,22);4-7H,1-3H3;7H,2-6H2,1H3. The number of benzene rings is 2. The Hall–Kier alpha value is -3.31. The molecule has 1 N–H and O–H groups in total. The summed E-state index contributed by atoms with van der Waals surface area (Å²) < 4.78 is 11.0. The van der Waals surface area contributed by atoms with Crippen molar-refractivity contribution in [1.29, 1.82) is 0 Å². The van der Waals surface area contributed by atoms with E-state index < -0.39 is 5.97 Å². The number of hydrogen-bond donors (Lipinski definition) is 1. The Morgan fingerprint density at radius 3 is 2.19 bits per heavy atom. The number of fused-ring (bicyclic) bond motifs is 1. The topological polar surface area (TPSA) is 72.6 Å². The number of carboxylic acids is 1. The molecular weight excluding hydrogens is 561 g/mol. The van der Waals surface area contributed by atoms with Gasteiger partial charge in [-0.15, -0.1) is 11.3 Å². The molecule has 4 heterocycles. The lowest BCUT2D eigenvalue weighted by atomic mass is 9.98. The molecular formula is C35H40NO4PS. The molecule has 1 aliphatic heterocycles. The number of aromatic carboxylic acids is 1. The molecule has 1 fully saturated rings. The van der Waals surface area contributed by atoms with Crippen molar-refractivity contribution in [3.05, 3.63) is 95.0 Å². The average Bonchev–Trinajstić information content (AvgIpc) is 3.62. The molecule has 3 aromatic heterocycles. The molecule has 0 atom stereocenters. The van der Waals surface area contributed by atoms with E-state index in [9.17, 15) is 9.90 Å². The number of pyridine rings is 1. The molecule has 42 heavy (non-hydrogen) atoms. The quantitative estimate of drug-likeness (QED) is 0.203. The Labute approximate surface area is 254 Å². The zero-order chi connectivity index (χ0) is 30.1. The zero-order valence-corrected chi connectivity index (χ0v) is 26.8. The highest BCUT2D eigenvalue weighted by atomic mass is 32.1. The number of aryl methyl sites for hydroxylation is 2. The lowest BCUT2D eigenvalue weighted by Crippen LogP contribution is -2.14. The fourth-order valence-electron chi connectivity index (χ4n) is 4.64. The lowest BCUT2D eigenvalue weighted by molar-refractivity contribution is 0.0653. The first-order valence-corrected chi connectivity index (χ1v) is 17.4. The number of ether oxygens (including phenoxy) is 1. The summed E-state index contributed by atoms with van der Waals surface area (Å²) in [6, 6.07) is 24.3. The van der Waals surface area contributed by atoms with Crippen molar-refractivity contribution in [2.24, 2.45) is 5.92 Å². The van der Waals surface area contributed by atoms with Crippen LogP contribution in [-0.2, 0) is 4.74 Å². The number of thiophene rings is 1. The highest BCUT2D eigenvalue weighted by Gasteiger charge is 2.14. The first-order valence-electron chi connectivity index (χ1n) is 14.4. The van der Waals surface area contributed by atoms with Gasteiger partial charge >= 0.3 is 5.97 Å². The van der Waals surface area contributed by atoms with E-state index in [0.29, 0.717) is 4.88 Å². The number of hydrogen-bond acceptors (Lipinski definition) is 5. The van der Waals surface area contributed by atoms with Gasteiger partial charge in [0, 0.05) is 35.9 Å². The van der Waals surface area contributed by atoms with Gasteiger partial charge in [-0.3, -0.25) is 4.98 Å². The molecule has 0 bridgehead atoms. The minimum Gasteiger partial charge on any atom is -0.477 e. The van der Waals surface area contributed by atoms with E-state index in [1.165, 1.54) is 41.5 Å². The van der Waals surface area contributed by atoms with E-state index in [-0.39, 0.29) is 7.92 Å². The van der Waals surface area contributed by atoms with Gasteiger partial charge < -0.3 is 14.3 Å². The van der Waals surface area contributed by atoms with Crippen molar-refractivity contribution in [1.82, 2.24) is 4.98 Å². The van der Waals surface area contributed by atoms with Crippen LogP contribution in [0.4, 0.5) is 0 Å². The summed E-state index contributed by atoms with van der Waals surface area (Å²) in [5.41, 5.74) is 5.68. The second-order valence-corrected chi connectivity index (χ2v) is 14.1. The van der Waals surface area contributed by atoms with Gasteiger partial charge in [-0.25, -0.2) is 4.79 Å². The smallest absolute Gasteiger partial charge is 0.346 e. The monoisotopic (exact) mass is 601 g/mol. The second-order valence-electron chi connectivity index (χ2n) is 10.7. The molecule has 0 aliphatic carbocycles. The molecule has 1 saturated heterocycles. The number of nitrogens with zero attached hydrogens (tertiary/aromatic N) is 1. The van der Waals surface area contributed by atoms with Crippen LogP contribution in [0.25, 0.3) is 32.9 Å². The van der Waals surface area contributed by atoms with Gasteiger partial charge in [0.15, 0.2) is 5.58 Å². The van der Waals surface area contributed by atoms with E-state index in [1.54, 1.807) is 6.20 Å². The summed E-state index contributed by atoms with van der Waals surface area (Å²) >= 11 is 1.29. The normalized spacial score (nSPS) is 13.3. The number of carbonyl (C=O) groups is 1. The molecule has 7 heteroatoms. The molecule has 0 radical (unpaired) electrons. The summed E-state index contributed by atoms with van der Waals surface area (Å²) in [7, 11) is 0.0920. The third-order valence-corrected chi connectivity index (χ3v) is 9.93. The Kier molecular flexibility index (Phi) is 11.5. The molecule has 5 nitrogen and oxygen atoms in total. The second kappa shape index (κ2) is 15.2. The predicted octanol–water partition coefficient (Wildman–Crippen LogP) is 9.41. The molecule has 0 spiro atoms. The molecule has 0 amide bonds. The SMILES string of the molecule is CCC1CCOCC1.Cc1cc(-c2ccc(-c3cc4ncccc4o3)cc2)sc1C(=O)O.Cc1ccc(P(C)C)cc1. The first-order chi connectivity index (χ1) is 20.2. The first kappa shape index (κ1) is 31.6. The van der Waals surface area contributed by atoms with Gasteiger partial charge in [0.25, 0.3) is 0 Å². The van der Waals surface area contributed by atoms with Crippen molar-refractivity contribution in [3.8, 4) is 21.8 Å². The highest BCUT2D eigenvalue weighted by Crippen LogP contribution is 2.33. The molecule has 2 aromatic carbocycles. The highest BCUT2D eigenvalue weighted by molar-refractivity contribution is 7.64. The van der Waals surface area contributed by atoms with E-state index in [1.807, 2.05) is 55.5 Å². The minimum atomic E-state index is -0.879. The van der Waals surface area contributed by atoms with E-state index in [0.717, 1.165) is 57.6 Å². The van der Waals surface area contributed by atoms with Crippen molar-refractivity contribution >= 4 is 41.6 Å². The molecule has 1 aliphatic rings. The van der Waals surface area contributed by atoms with Crippen LogP contribution >= 0.6 is 19.3 Å². The summed E-state index contributed by atoms with van der Waals surface area (Å²) in [6.45, 7) is 12.8. The van der Waals surface area contributed by atoms with Crippen LogP contribution in [0.3, 0.4) is 0 Å². The fraction of sp³-hybridized carbons (Fsp3) is 0.314. The Bertz CT molecular complexity index is 1530. The number of carboxylic acid groups (broad SMARTS) is 1. The van der Waals surface area contributed by atoms with Gasteiger partial charge in [-0.05, 0) is 80.6 Å². The average molecular weight is 602 g/mol. The summed E-state index contributed by atoms with van der Waals surface area (Å²) in [5, 5.41) is 10.7. The maximum absolute atomic E-state index is 11.2. The number of rotatable bonds is 5. The van der Waals surface area contributed by atoms with Gasteiger partial charge in [0.05, 0.1) is 0 Å². The third kappa shape index (κ3) is 8.61. The van der Waals surface area contributed by atoms with Crippen LogP contribution in [0, 0.1) is 19.8 Å².